The Labute approximate surface area is 246 Å². The molecule has 2 saturated heterocycles. The van der Waals surface area contributed by atoms with Crippen molar-refractivity contribution in [2.24, 2.45) is 5.73 Å². The molecular formula is C35H49N5O. The molecule has 0 spiro atoms. The van der Waals surface area contributed by atoms with Crippen molar-refractivity contribution in [1.82, 2.24) is 20.0 Å². The molecule has 220 valence electrons. The second-order valence-corrected chi connectivity index (χ2v) is 12.5. The Bertz CT molecular complexity index is 1300. The Hall–Kier alpha value is -2.77. The van der Waals surface area contributed by atoms with Crippen LogP contribution in [0.1, 0.15) is 42.0 Å². The van der Waals surface area contributed by atoms with Gasteiger partial charge in [0.15, 0.2) is 0 Å². The van der Waals surface area contributed by atoms with Crippen molar-refractivity contribution in [3.8, 4) is 0 Å². The maximum absolute atomic E-state index is 13.7. The normalized spacial score (nSPS) is 21.3. The molecule has 6 heteroatoms. The Kier molecular flexibility index (Phi) is 10.1. The van der Waals surface area contributed by atoms with Gasteiger partial charge in [0, 0.05) is 63.9 Å². The molecule has 3 aromatic rings. The minimum Gasteiger partial charge on any atom is -0.337 e. The van der Waals surface area contributed by atoms with Gasteiger partial charge in [-0.05, 0) is 74.0 Å². The van der Waals surface area contributed by atoms with Crippen LogP contribution in [0.2, 0.25) is 0 Å². The number of amides is 1. The van der Waals surface area contributed by atoms with Gasteiger partial charge in [0.1, 0.15) is 0 Å². The molecule has 0 saturated carbocycles. The highest BCUT2D eigenvalue weighted by molar-refractivity contribution is 5.85. The molecule has 6 nitrogen and oxygen atoms in total. The van der Waals surface area contributed by atoms with E-state index in [2.05, 4.69) is 101 Å². The van der Waals surface area contributed by atoms with Crippen LogP contribution in [0.25, 0.3) is 10.8 Å². The third-order valence-corrected chi connectivity index (χ3v) is 9.11. The average Bonchev–Trinajstić information content (AvgIpc) is 2.96. The standard InChI is InChI=1S/C35H49N5O/c1-26-10-12-31(27(2)19-26)22-33(36)24-39-23-28(3)40(25-34(39)9-6-16-38-17-14-37-15-18-38)35(41)21-29-11-13-30-7-4-5-8-32(30)20-29/h4-5,7-8,10-13,19-20,28,33-34,37H,6,9,14-18,21-25,36H2,1-3H3. The smallest absolute Gasteiger partial charge is 0.227 e. The van der Waals surface area contributed by atoms with Gasteiger partial charge in [-0.15, -0.1) is 0 Å². The quantitative estimate of drug-likeness (QED) is 0.394. The van der Waals surface area contributed by atoms with Crippen molar-refractivity contribution in [2.75, 3.05) is 52.4 Å². The molecule has 3 N–H and O–H groups in total. The van der Waals surface area contributed by atoms with E-state index in [1.165, 1.54) is 27.5 Å². The third kappa shape index (κ3) is 7.95. The first-order chi connectivity index (χ1) is 19.9. The molecule has 0 radical (unpaired) electrons. The van der Waals surface area contributed by atoms with Crippen LogP contribution in [0.5, 0.6) is 0 Å². The number of nitrogens with zero attached hydrogens (tertiary/aromatic N) is 3. The van der Waals surface area contributed by atoms with E-state index in [4.69, 9.17) is 5.73 Å². The van der Waals surface area contributed by atoms with Crippen LogP contribution in [0.15, 0.2) is 60.7 Å². The number of piperazine rings is 2. The fourth-order valence-electron chi connectivity index (χ4n) is 6.79. The summed E-state index contributed by atoms with van der Waals surface area (Å²) in [5.74, 6) is 0.235. The number of carbonyl (C=O) groups is 1. The first-order valence-electron chi connectivity index (χ1n) is 15.6. The van der Waals surface area contributed by atoms with Crippen molar-refractivity contribution < 1.29 is 4.79 Å². The average molecular weight is 556 g/mol. The number of rotatable bonds is 10. The molecule has 2 fully saturated rings. The van der Waals surface area contributed by atoms with Crippen molar-refractivity contribution in [3.05, 3.63) is 82.9 Å². The zero-order valence-electron chi connectivity index (χ0n) is 25.3. The van der Waals surface area contributed by atoms with Crippen LogP contribution < -0.4 is 11.1 Å². The van der Waals surface area contributed by atoms with Crippen LogP contribution >= 0.6 is 0 Å². The molecule has 2 heterocycles. The number of carbonyl (C=O) groups excluding carboxylic acids is 1. The third-order valence-electron chi connectivity index (χ3n) is 9.11. The van der Waals surface area contributed by atoms with Gasteiger partial charge in [-0.2, -0.15) is 0 Å². The Morgan fingerprint density at radius 3 is 2.56 bits per heavy atom. The minimum absolute atomic E-state index is 0.0686. The molecule has 2 aliphatic heterocycles. The number of hydrogen-bond acceptors (Lipinski definition) is 5. The molecule has 2 aliphatic rings. The Balaban J connectivity index is 1.25. The van der Waals surface area contributed by atoms with Crippen molar-refractivity contribution in [3.63, 3.8) is 0 Å². The summed E-state index contributed by atoms with van der Waals surface area (Å²) in [6.07, 6.45) is 3.57. The number of hydrogen-bond donors (Lipinski definition) is 2. The maximum atomic E-state index is 13.7. The van der Waals surface area contributed by atoms with Crippen LogP contribution in [-0.4, -0.2) is 91.1 Å². The van der Waals surface area contributed by atoms with Crippen molar-refractivity contribution in [2.45, 2.75) is 64.6 Å². The SMILES string of the molecule is Cc1ccc(CC(N)CN2CC(C)N(C(=O)Cc3ccc4ccccc4c3)CC2CCCN2CCNCC2)c(C)c1. The predicted molar refractivity (Wildman–Crippen MR) is 170 cm³/mol. The molecular weight excluding hydrogens is 506 g/mol. The lowest BCUT2D eigenvalue weighted by atomic mass is 9.97. The van der Waals surface area contributed by atoms with Gasteiger partial charge in [-0.3, -0.25) is 9.69 Å². The molecule has 3 aromatic carbocycles. The lowest BCUT2D eigenvalue weighted by Gasteiger charge is -2.46. The molecule has 0 aliphatic carbocycles. The highest BCUT2D eigenvalue weighted by atomic mass is 16.2. The van der Waals surface area contributed by atoms with Gasteiger partial charge < -0.3 is 20.9 Å². The first kappa shape index (κ1) is 29.7. The summed E-state index contributed by atoms with van der Waals surface area (Å²) < 4.78 is 0. The van der Waals surface area contributed by atoms with E-state index >= 15 is 0 Å². The van der Waals surface area contributed by atoms with Gasteiger partial charge >= 0.3 is 0 Å². The summed E-state index contributed by atoms with van der Waals surface area (Å²) in [5.41, 5.74) is 11.9. The molecule has 3 unspecified atom stereocenters. The largest absolute Gasteiger partial charge is 0.337 e. The lowest BCUT2D eigenvalue weighted by Crippen LogP contribution is -2.61. The summed E-state index contributed by atoms with van der Waals surface area (Å²) in [6.45, 7) is 14.6. The topological polar surface area (TPSA) is 64.8 Å². The fourth-order valence-corrected chi connectivity index (χ4v) is 6.79. The number of nitrogens with two attached hydrogens (primary N) is 1. The van der Waals surface area contributed by atoms with E-state index in [1.54, 1.807) is 0 Å². The van der Waals surface area contributed by atoms with Crippen LogP contribution in [0, 0.1) is 13.8 Å². The van der Waals surface area contributed by atoms with E-state index in [1.807, 2.05) is 0 Å². The summed E-state index contributed by atoms with van der Waals surface area (Å²) in [7, 11) is 0. The maximum Gasteiger partial charge on any atom is 0.227 e. The predicted octanol–water partition coefficient (Wildman–Crippen LogP) is 4.16. The van der Waals surface area contributed by atoms with Crippen LogP contribution in [-0.2, 0) is 17.6 Å². The van der Waals surface area contributed by atoms with E-state index in [9.17, 15) is 4.79 Å². The zero-order valence-corrected chi connectivity index (χ0v) is 25.3. The fraction of sp³-hybridized carbons (Fsp3) is 0.514. The number of nitrogens with one attached hydrogen (secondary N) is 1. The van der Waals surface area contributed by atoms with Gasteiger partial charge in [0.05, 0.1) is 6.42 Å². The minimum atomic E-state index is 0.0686. The monoisotopic (exact) mass is 555 g/mol. The van der Waals surface area contributed by atoms with Gasteiger partial charge in [0.25, 0.3) is 0 Å². The lowest BCUT2D eigenvalue weighted by molar-refractivity contribution is -0.136. The van der Waals surface area contributed by atoms with Gasteiger partial charge in [-0.25, -0.2) is 0 Å². The molecule has 1 amide bonds. The second-order valence-electron chi connectivity index (χ2n) is 12.5. The Morgan fingerprint density at radius 2 is 1.78 bits per heavy atom. The molecule has 0 bridgehead atoms. The number of fused-ring (bicyclic) bond motifs is 1. The number of benzene rings is 3. The number of aryl methyl sites for hydroxylation is 2. The zero-order chi connectivity index (χ0) is 28.8. The molecule has 5 rings (SSSR count). The van der Waals surface area contributed by atoms with Gasteiger partial charge in [0.2, 0.25) is 5.91 Å². The highest BCUT2D eigenvalue weighted by Crippen LogP contribution is 2.23. The van der Waals surface area contributed by atoms with E-state index in [0.29, 0.717) is 12.5 Å². The molecule has 0 aromatic heterocycles. The van der Waals surface area contributed by atoms with Crippen LogP contribution in [0.3, 0.4) is 0 Å². The summed E-state index contributed by atoms with van der Waals surface area (Å²) in [6, 6.07) is 22.0. The molecule has 41 heavy (non-hydrogen) atoms. The van der Waals surface area contributed by atoms with E-state index in [0.717, 1.165) is 77.2 Å². The van der Waals surface area contributed by atoms with Crippen molar-refractivity contribution in [1.29, 1.82) is 0 Å². The Morgan fingerprint density at radius 1 is 1.00 bits per heavy atom. The van der Waals surface area contributed by atoms with Crippen molar-refractivity contribution >= 4 is 16.7 Å². The highest BCUT2D eigenvalue weighted by Gasteiger charge is 2.34. The van der Waals surface area contributed by atoms with Crippen LogP contribution in [0.4, 0.5) is 0 Å². The van der Waals surface area contributed by atoms with Gasteiger partial charge in [-0.1, -0.05) is 66.2 Å². The summed E-state index contributed by atoms with van der Waals surface area (Å²) in [5, 5.41) is 5.86. The summed E-state index contributed by atoms with van der Waals surface area (Å²) >= 11 is 0. The second kappa shape index (κ2) is 13.9. The van der Waals surface area contributed by atoms with E-state index in [-0.39, 0.29) is 18.0 Å². The molecule has 3 atom stereocenters. The summed E-state index contributed by atoms with van der Waals surface area (Å²) in [4.78, 5) is 21.0. The van der Waals surface area contributed by atoms with E-state index < -0.39 is 0 Å². The first-order valence-corrected chi connectivity index (χ1v) is 15.6.